The first kappa shape index (κ1) is 20.3. The van der Waals surface area contributed by atoms with E-state index in [4.69, 9.17) is 0 Å². The minimum atomic E-state index is 0.468. The average Bonchev–Trinajstić information content (AvgIpc) is 3.23. The molecule has 3 fully saturated rings. The van der Waals surface area contributed by atoms with Crippen molar-refractivity contribution in [2.45, 2.75) is 101 Å². The molecule has 3 rings (SSSR count). The van der Waals surface area contributed by atoms with E-state index in [1.165, 1.54) is 31.1 Å². The fourth-order valence-electron chi connectivity index (χ4n) is 5.94. The van der Waals surface area contributed by atoms with Gasteiger partial charge in [-0.05, 0) is 71.5 Å². The molecule has 3 aliphatic carbocycles. The molecule has 3 saturated carbocycles. The van der Waals surface area contributed by atoms with Crippen molar-refractivity contribution in [3.8, 4) is 0 Å². The van der Waals surface area contributed by atoms with Crippen molar-refractivity contribution in [1.82, 2.24) is 0 Å². The van der Waals surface area contributed by atoms with Crippen molar-refractivity contribution < 1.29 is 0 Å². The predicted octanol–water partition coefficient (Wildman–Crippen LogP) is 7.82. The predicted molar refractivity (Wildman–Crippen MR) is 108 cm³/mol. The molecule has 0 amide bonds. The molecule has 0 nitrogen and oxygen atoms in total. The molecule has 0 aromatic heterocycles. The number of rotatable bonds is 6. The topological polar surface area (TPSA) is 0 Å². The highest BCUT2D eigenvalue weighted by Gasteiger charge is 2.67. The standard InChI is InChI=1S/C19H38.C5H8/c1-13(2)11-10-12-15(5)16-17(18(6,7)8)19(16,9)14(3)4;1-2-5-3-4(1)5/h13-17H,10-12H2,1-9H3;4-5H,1-3H2. The zero-order chi connectivity index (χ0) is 18.3. The molecule has 0 aliphatic heterocycles. The highest BCUT2D eigenvalue weighted by Crippen LogP contribution is 2.72. The molecule has 0 heteroatoms. The van der Waals surface area contributed by atoms with Gasteiger partial charge in [0.05, 0.1) is 0 Å². The number of hydrogen-bond donors (Lipinski definition) is 0. The molecule has 0 spiro atoms. The third-order valence-electron chi connectivity index (χ3n) is 7.85. The molecule has 24 heavy (non-hydrogen) atoms. The molecule has 3 aliphatic rings. The lowest BCUT2D eigenvalue weighted by molar-refractivity contribution is 0.246. The second-order valence-corrected chi connectivity index (χ2v) is 11.5. The summed E-state index contributed by atoms with van der Waals surface area (Å²) in [5.74, 6) is 6.89. The van der Waals surface area contributed by atoms with Crippen LogP contribution in [0, 0.1) is 52.3 Å². The number of fused-ring (bicyclic) bond motifs is 1. The van der Waals surface area contributed by atoms with Crippen LogP contribution in [0.3, 0.4) is 0 Å². The van der Waals surface area contributed by atoms with Crippen molar-refractivity contribution >= 4 is 0 Å². The molecule has 0 N–H and O–H groups in total. The van der Waals surface area contributed by atoms with Crippen molar-refractivity contribution in [3.05, 3.63) is 0 Å². The van der Waals surface area contributed by atoms with Gasteiger partial charge in [0.1, 0.15) is 0 Å². The summed E-state index contributed by atoms with van der Waals surface area (Å²) in [4.78, 5) is 0. The Kier molecular flexibility index (Phi) is 6.19. The van der Waals surface area contributed by atoms with Crippen molar-refractivity contribution in [3.63, 3.8) is 0 Å². The van der Waals surface area contributed by atoms with Crippen molar-refractivity contribution in [2.75, 3.05) is 0 Å². The van der Waals surface area contributed by atoms with Gasteiger partial charge in [-0.2, -0.15) is 0 Å². The molecular weight excluding hydrogens is 288 g/mol. The van der Waals surface area contributed by atoms with Crippen LogP contribution < -0.4 is 0 Å². The lowest BCUT2D eigenvalue weighted by Crippen LogP contribution is -2.17. The summed E-state index contributed by atoms with van der Waals surface area (Å²) in [6, 6.07) is 0. The smallest absolute Gasteiger partial charge is 0.0233 e. The monoisotopic (exact) mass is 334 g/mol. The molecule has 0 aromatic rings. The summed E-state index contributed by atoms with van der Waals surface area (Å²) in [5.41, 5.74) is 1.05. The quantitative estimate of drug-likeness (QED) is 0.464. The van der Waals surface area contributed by atoms with Crippen molar-refractivity contribution in [2.24, 2.45) is 52.3 Å². The van der Waals surface area contributed by atoms with Gasteiger partial charge in [-0.15, -0.1) is 0 Å². The Bertz CT molecular complexity index is 387. The van der Waals surface area contributed by atoms with Gasteiger partial charge in [-0.3, -0.25) is 0 Å². The van der Waals surface area contributed by atoms with Crippen LogP contribution >= 0.6 is 0 Å². The Hall–Kier alpha value is 0. The van der Waals surface area contributed by atoms with E-state index in [0.717, 1.165) is 29.6 Å². The maximum absolute atomic E-state index is 2.55. The zero-order valence-electron chi connectivity index (χ0n) is 18.3. The minimum absolute atomic E-state index is 0.468. The van der Waals surface area contributed by atoms with Crippen LogP contribution in [0.15, 0.2) is 0 Å². The van der Waals surface area contributed by atoms with E-state index in [2.05, 4.69) is 62.3 Å². The lowest BCUT2D eigenvalue weighted by Gasteiger charge is -2.24. The summed E-state index contributed by atoms with van der Waals surface area (Å²) in [6.45, 7) is 21.9. The molecule has 0 saturated heterocycles. The highest BCUT2D eigenvalue weighted by atomic mass is 14.7. The Morgan fingerprint density at radius 1 is 0.917 bits per heavy atom. The average molecular weight is 335 g/mol. The van der Waals surface area contributed by atoms with E-state index in [1.807, 2.05) is 0 Å². The first-order chi connectivity index (χ1) is 11.0. The molecule has 0 radical (unpaired) electrons. The molecule has 0 aromatic carbocycles. The summed E-state index contributed by atoms with van der Waals surface area (Å²) in [7, 11) is 0. The second kappa shape index (κ2) is 7.32. The zero-order valence-corrected chi connectivity index (χ0v) is 18.3. The van der Waals surface area contributed by atoms with Gasteiger partial charge in [0.15, 0.2) is 0 Å². The Morgan fingerprint density at radius 2 is 1.46 bits per heavy atom. The van der Waals surface area contributed by atoms with E-state index >= 15 is 0 Å². The van der Waals surface area contributed by atoms with E-state index < -0.39 is 0 Å². The SMILES string of the molecule is C1CC2CC12.CC(C)CCCC(C)C1C(C(C)(C)C)C1(C)C(C)C. The Morgan fingerprint density at radius 3 is 1.71 bits per heavy atom. The number of hydrogen-bond acceptors (Lipinski definition) is 0. The van der Waals surface area contributed by atoms with Crippen LogP contribution in [0.1, 0.15) is 101 Å². The summed E-state index contributed by atoms with van der Waals surface area (Å²) < 4.78 is 0. The van der Waals surface area contributed by atoms with Crippen molar-refractivity contribution in [1.29, 1.82) is 0 Å². The van der Waals surface area contributed by atoms with E-state index in [0.29, 0.717) is 10.8 Å². The van der Waals surface area contributed by atoms with Gasteiger partial charge in [-0.25, -0.2) is 0 Å². The van der Waals surface area contributed by atoms with Crippen LogP contribution in [0.25, 0.3) is 0 Å². The molecule has 6 atom stereocenters. The molecule has 6 unspecified atom stereocenters. The second-order valence-electron chi connectivity index (χ2n) is 11.5. The van der Waals surface area contributed by atoms with Gasteiger partial charge in [-0.1, -0.05) is 81.6 Å². The van der Waals surface area contributed by atoms with Gasteiger partial charge in [0.2, 0.25) is 0 Å². The summed E-state index contributed by atoms with van der Waals surface area (Å²) in [6.07, 6.45) is 8.95. The Labute approximate surface area is 153 Å². The van der Waals surface area contributed by atoms with E-state index in [9.17, 15) is 0 Å². The summed E-state index contributed by atoms with van der Waals surface area (Å²) >= 11 is 0. The maximum Gasteiger partial charge on any atom is -0.0233 e. The Balaban J connectivity index is 0.000000343. The van der Waals surface area contributed by atoms with Crippen LogP contribution in [0.5, 0.6) is 0 Å². The summed E-state index contributed by atoms with van der Waals surface area (Å²) in [5, 5.41) is 0. The van der Waals surface area contributed by atoms with Crippen LogP contribution in [-0.2, 0) is 0 Å². The maximum atomic E-state index is 2.55. The van der Waals surface area contributed by atoms with Crippen LogP contribution in [-0.4, -0.2) is 0 Å². The van der Waals surface area contributed by atoms with Gasteiger partial charge >= 0.3 is 0 Å². The lowest BCUT2D eigenvalue weighted by atomic mass is 9.81. The normalized spacial score (nSPS) is 38.1. The largest absolute Gasteiger partial charge is 0.0628 e. The third kappa shape index (κ3) is 4.39. The minimum Gasteiger partial charge on any atom is -0.0628 e. The van der Waals surface area contributed by atoms with Gasteiger partial charge in [0.25, 0.3) is 0 Å². The van der Waals surface area contributed by atoms with E-state index in [-0.39, 0.29) is 0 Å². The molecule has 142 valence electrons. The molecule has 0 bridgehead atoms. The van der Waals surface area contributed by atoms with Gasteiger partial charge < -0.3 is 0 Å². The molecule has 0 heterocycles. The first-order valence-corrected chi connectivity index (χ1v) is 11.0. The fraction of sp³-hybridized carbons (Fsp3) is 1.00. The van der Waals surface area contributed by atoms with Gasteiger partial charge in [0, 0.05) is 0 Å². The molecular formula is C24H46. The van der Waals surface area contributed by atoms with Crippen LogP contribution in [0.2, 0.25) is 0 Å². The van der Waals surface area contributed by atoms with E-state index in [1.54, 1.807) is 19.3 Å². The van der Waals surface area contributed by atoms with Crippen LogP contribution in [0.4, 0.5) is 0 Å². The third-order valence-corrected chi connectivity index (χ3v) is 7.85. The first-order valence-electron chi connectivity index (χ1n) is 11.0. The highest BCUT2D eigenvalue weighted by molar-refractivity contribution is 5.14. The fourth-order valence-corrected chi connectivity index (χ4v) is 5.94.